The van der Waals surface area contributed by atoms with Gasteiger partial charge in [0.1, 0.15) is 0 Å². The zero-order valence-corrected chi connectivity index (χ0v) is 8.78. The maximum Gasteiger partial charge on any atom is 0.160 e. The lowest BCUT2D eigenvalue weighted by Crippen LogP contribution is -2.23. The molecule has 1 unspecified atom stereocenters. The van der Waals surface area contributed by atoms with Crippen molar-refractivity contribution in [2.45, 2.75) is 25.3 Å². The molecule has 0 aromatic heterocycles. The van der Waals surface area contributed by atoms with Gasteiger partial charge in [0.25, 0.3) is 0 Å². The molecule has 0 bridgehead atoms. The minimum absolute atomic E-state index is 0.219. The molecule has 1 atom stereocenters. The van der Waals surface area contributed by atoms with Gasteiger partial charge in [0.15, 0.2) is 11.5 Å². The van der Waals surface area contributed by atoms with Crippen molar-refractivity contribution in [3.8, 4) is 11.5 Å². The third-order valence-corrected chi connectivity index (χ3v) is 2.75. The van der Waals surface area contributed by atoms with Crippen molar-refractivity contribution < 1.29 is 9.84 Å². The number of benzene rings is 1. The fourth-order valence-corrected chi connectivity index (χ4v) is 1.89. The highest BCUT2D eigenvalue weighted by Gasteiger charge is 2.13. The lowest BCUT2D eigenvalue weighted by molar-refractivity contribution is 0.278. The average Bonchev–Trinajstić information content (AvgIpc) is 2.74. The highest BCUT2D eigenvalue weighted by atomic mass is 16.5. The van der Waals surface area contributed by atoms with E-state index in [2.05, 4.69) is 5.32 Å². The van der Waals surface area contributed by atoms with Gasteiger partial charge >= 0.3 is 0 Å². The Morgan fingerprint density at radius 3 is 3.00 bits per heavy atom. The van der Waals surface area contributed by atoms with Gasteiger partial charge in [0, 0.05) is 6.04 Å². The van der Waals surface area contributed by atoms with Crippen LogP contribution in [0.3, 0.4) is 0 Å². The van der Waals surface area contributed by atoms with Gasteiger partial charge < -0.3 is 15.2 Å². The summed E-state index contributed by atoms with van der Waals surface area (Å²) < 4.78 is 5.51. The zero-order chi connectivity index (χ0) is 10.5. The van der Waals surface area contributed by atoms with Crippen molar-refractivity contribution in [1.29, 1.82) is 0 Å². The van der Waals surface area contributed by atoms with Crippen molar-refractivity contribution in [2.75, 3.05) is 13.2 Å². The van der Waals surface area contributed by atoms with E-state index in [4.69, 9.17) is 4.74 Å². The molecule has 3 nitrogen and oxygen atoms in total. The Hall–Kier alpha value is -1.22. The minimum atomic E-state index is 0.219. The highest BCUT2D eigenvalue weighted by molar-refractivity contribution is 5.37. The van der Waals surface area contributed by atoms with Gasteiger partial charge in [0.05, 0.1) is 6.61 Å². The van der Waals surface area contributed by atoms with Gasteiger partial charge in [0.2, 0.25) is 0 Å². The van der Waals surface area contributed by atoms with Gasteiger partial charge in [-0.1, -0.05) is 12.1 Å². The molecule has 15 heavy (non-hydrogen) atoms. The van der Waals surface area contributed by atoms with Crippen LogP contribution in [0.4, 0.5) is 0 Å². The molecule has 0 aliphatic carbocycles. The van der Waals surface area contributed by atoms with E-state index in [9.17, 15) is 5.11 Å². The summed E-state index contributed by atoms with van der Waals surface area (Å²) >= 11 is 0. The van der Waals surface area contributed by atoms with Crippen LogP contribution in [0, 0.1) is 0 Å². The topological polar surface area (TPSA) is 41.5 Å². The first-order chi connectivity index (χ1) is 7.36. The first-order valence-electron chi connectivity index (χ1n) is 5.50. The SMILES string of the molecule is Oc1ccccc1OCCC1CCCN1. The van der Waals surface area contributed by atoms with Gasteiger partial charge in [-0.15, -0.1) is 0 Å². The molecule has 1 heterocycles. The molecule has 1 aromatic rings. The molecule has 0 radical (unpaired) electrons. The monoisotopic (exact) mass is 207 g/mol. The molecule has 1 saturated heterocycles. The second kappa shape index (κ2) is 5.03. The summed E-state index contributed by atoms with van der Waals surface area (Å²) in [7, 11) is 0. The number of nitrogens with one attached hydrogen (secondary N) is 1. The molecule has 2 N–H and O–H groups in total. The normalized spacial score (nSPS) is 20.4. The van der Waals surface area contributed by atoms with E-state index in [0.29, 0.717) is 18.4 Å². The second-order valence-electron chi connectivity index (χ2n) is 3.90. The summed E-state index contributed by atoms with van der Waals surface area (Å²) in [5.74, 6) is 0.798. The largest absolute Gasteiger partial charge is 0.504 e. The summed E-state index contributed by atoms with van der Waals surface area (Å²) in [6.07, 6.45) is 3.51. The summed E-state index contributed by atoms with van der Waals surface area (Å²) in [4.78, 5) is 0. The summed E-state index contributed by atoms with van der Waals surface area (Å²) in [5, 5.41) is 12.9. The van der Waals surface area contributed by atoms with E-state index in [1.165, 1.54) is 12.8 Å². The van der Waals surface area contributed by atoms with Crippen LogP contribution >= 0.6 is 0 Å². The number of hydrogen-bond donors (Lipinski definition) is 2. The number of rotatable bonds is 4. The Morgan fingerprint density at radius 1 is 1.40 bits per heavy atom. The van der Waals surface area contributed by atoms with Crippen LogP contribution in [-0.2, 0) is 0 Å². The molecule has 82 valence electrons. The van der Waals surface area contributed by atoms with E-state index in [1.54, 1.807) is 18.2 Å². The Bertz CT molecular complexity index is 308. The predicted octanol–water partition coefficient (Wildman–Crippen LogP) is 1.91. The molecule has 1 aliphatic rings. The van der Waals surface area contributed by atoms with Crippen LogP contribution in [0.1, 0.15) is 19.3 Å². The first-order valence-corrected chi connectivity index (χ1v) is 5.50. The van der Waals surface area contributed by atoms with Crippen molar-refractivity contribution in [2.24, 2.45) is 0 Å². The molecule has 1 fully saturated rings. The van der Waals surface area contributed by atoms with Crippen molar-refractivity contribution in [1.82, 2.24) is 5.32 Å². The first kappa shape index (κ1) is 10.3. The van der Waals surface area contributed by atoms with Crippen molar-refractivity contribution >= 4 is 0 Å². The molecular weight excluding hydrogens is 190 g/mol. The van der Waals surface area contributed by atoms with E-state index in [-0.39, 0.29) is 5.75 Å². The summed E-state index contributed by atoms with van der Waals surface area (Å²) in [6, 6.07) is 7.68. The zero-order valence-electron chi connectivity index (χ0n) is 8.78. The molecule has 2 rings (SSSR count). The van der Waals surface area contributed by atoms with Crippen LogP contribution < -0.4 is 10.1 Å². The van der Waals surface area contributed by atoms with Gasteiger partial charge in [-0.2, -0.15) is 0 Å². The Labute approximate surface area is 90.1 Å². The van der Waals surface area contributed by atoms with Crippen molar-refractivity contribution in [3.63, 3.8) is 0 Å². The fourth-order valence-electron chi connectivity index (χ4n) is 1.89. The number of phenolic OH excluding ortho intramolecular Hbond substituents is 1. The van der Waals surface area contributed by atoms with Crippen LogP contribution in [-0.4, -0.2) is 24.3 Å². The van der Waals surface area contributed by atoms with Gasteiger partial charge in [-0.25, -0.2) is 0 Å². The Balaban J connectivity index is 1.75. The average molecular weight is 207 g/mol. The molecule has 0 saturated carbocycles. The van der Waals surface area contributed by atoms with Crippen LogP contribution in [0.25, 0.3) is 0 Å². The van der Waals surface area contributed by atoms with E-state index in [1.807, 2.05) is 6.07 Å². The number of phenols is 1. The lowest BCUT2D eigenvalue weighted by Gasteiger charge is -2.11. The van der Waals surface area contributed by atoms with Gasteiger partial charge in [-0.05, 0) is 37.9 Å². The lowest BCUT2D eigenvalue weighted by atomic mass is 10.2. The summed E-state index contributed by atoms with van der Waals surface area (Å²) in [5.41, 5.74) is 0. The molecule has 1 aliphatic heterocycles. The smallest absolute Gasteiger partial charge is 0.160 e. The summed E-state index contributed by atoms with van der Waals surface area (Å²) in [6.45, 7) is 1.79. The van der Waals surface area contributed by atoms with Crippen LogP contribution in [0.5, 0.6) is 11.5 Å². The fraction of sp³-hybridized carbons (Fsp3) is 0.500. The maximum absolute atomic E-state index is 9.46. The number of para-hydroxylation sites is 2. The Morgan fingerprint density at radius 2 is 2.27 bits per heavy atom. The maximum atomic E-state index is 9.46. The third kappa shape index (κ3) is 2.86. The number of ether oxygens (including phenoxy) is 1. The molecule has 1 aromatic carbocycles. The van der Waals surface area contributed by atoms with E-state index < -0.39 is 0 Å². The van der Waals surface area contributed by atoms with E-state index in [0.717, 1.165) is 13.0 Å². The third-order valence-electron chi connectivity index (χ3n) is 2.75. The molecule has 0 amide bonds. The minimum Gasteiger partial charge on any atom is -0.504 e. The van der Waals surface area contributed by atoms with E-state index >= 15 is 0 Å². The molecular formula is C12H17NO2. The highest BCUT2D eigenvalue weighted by Crippen LogP contribution is 2.24. The van der Waals surface area contributed by atoms with Crippen LogP contribution in [0.15, 0.2) is 24.3 Å². The Kier molecular flexibility index (Phi) is 3.45. The number of aromatic hydroxyl groups is 1. The standard InChI is InChI=1S/C12H17NO2/c14-11-5-1-2-6-12(11)15-9-7-10-4-3-8-13-10/h1-2,5-6,10,13-14H,3-4,7-9H2. The molecule has 0 spiro atoms. The molecule has 3 heteroatoms. The van der Waals surface area contributed by atoms with Gasteiger partial charge in [-0.3, -0.25) is 0 Å². The number of hydrogen-bond acceptors (Lipinski definition) is 3. The van der Waals surface area contributed by atoms with Crippen molar-refractivity contribution in [3.05, 3.63) is 24.3 Å². The van der Waals surface area contributed by atoms with Crippen LogP contribution in [0.2, 0.25) is 0 Å². The quantitative estimate of drug-likeness (QED) is 0.792. The predicted molar refractivity (Wildman–Crippen MR) is 59.2 cm³/mol. The second-order valence-corrected chi connectivity index (χ2v) is 3.90.